The predicted octanol–water partition coefficient (Wildman–Crippen LogP) is 3.73. The van der Waals surface area contributed by atoms with E-state index in [1.54, 1.807) is 42.5 Å². The molecule has 1 fully saturated rings. The van der Waals surface area contributed by atoms with Crippen LogP contribution in [-0.2, 0) is 4.79 Å². The van der Waals surface area contributed by atoms with Crippen LogP contribution < -0.4 is 14.4 Å². The average molecular weight is 492 g/mol. The SMILES string of the molecule is O=C1c2ccc([N+](=O)[O-])cc2C(=O)N1[C@H]1C(=O)N(c2ccc(Cl)cc2)[C@H]1c1ccc2c(c1)OCO2. The summed E-state index contributed by atoms with van der Waals surface area (Å²) in [5, 5.41) is 11.7. The van der Waals surface area contributed by atoms with Gasteiger partial charge < -0.3 is 14.4 Å². The molecule has 3 aliphatic rings. The number of carbonyl (C=O) groups is 3. The van der Waals surface area contributed by atoms with Gasteiger partial charge in [-0.2, -0.15) is 0 Å². The molecule has 0 aliphatic carbocycles. The number of carbonyl (C=O) groups excluding carboxylic acids is 3. The van der Waals surface area contributed by atoms with Gasteiger partial charge in [0.05, 0.1) is 22.1 Å². The zero-order chi connectivity index (χ0) is 24.4. The molecule has 6 rings (SSSR count). The van der Waals surface area contributed by atoms with Crippen molar-refractivity contribution in [3.8, 4) is 11.5 Å². The van der Waals surface area contributed by atoms with Crippen LogP contribution in [0.2, 0.25) is 5.02 Å². The second-order valence-electron chi connectivity index (χ2n) is 8.15. The summed E-state index contributed by atoms with van der Waals surface area (Å²) in [5.74, 6) is -0.885. The summed E-state index contributed by atoms with van der Waals surface area (Å²) >= 11 is 6.01. The average Bonchev–Trinajstić information content (AvgIpc) is 3.41. The Kier molecular flexibility index (Phi) is 4.55. The summed E-state index contributed by atoms with van der Waals surface area (Å²) in [7, 11) is 0. The minimum absolute atomic E-state index is 0.0165. The van der Waals surface area contributed by atoms with Gasteiger partial charge >= 0.3 is 0 Å². The van der Waals surface area contributed by atoms with Gasteiger partial charge in [0.1, 0.15) is 6.04 Å². The first-order valence-electron chi connectivity index (χ1n) is 10.5. The molecule has 11 heteroatoms. The molecule has 0 unspecified atom stereocenters. The van der Waals surface area contributed by atoms with Crippen molar-refractivity contribution in [2.45, 2.75) is 12.1 Å². The molecule has 0 bridgehead atoms. The Morgan fingerprint density at radius 2 is 1.54 bits per heavy atom. The number of rotatable bonds is 4. The normalized spacial score (nSPS) is 20.2. The fraction of sp³-hybridized carbons (Fsp3) is 0.125. The molecule has 35 heavy (non-hydrogen) atoms. The van der Waals surface area contributed by atoms with Crippen LogP contribution in [0.4, 0.5) is 11.4 Å². The van der Waals surface area contributed by atoms with Gasteiger partial charge in [-0.3, -0.25) is 29.4 Å². The molecule has 3 aliphatic heterocycles. The van der Waals surface area contributed by atoms with E-state index >= 15 is 0 Å². The number of halogens is 1. The topological polar surface area (TPSA) is 119 Å². The first-order valence-corrected chi connectivity index (χ1v) is 10.9. The van der Waals surface area contributed by atoms with E-state index in [2.05, 4.69) is 0 Å². The van der Waals surface area contributed by atoms with Gasteiger partial charge in [-0.1, -0.05) is 17.7 Å². The number of β-lactam (4-membered cyclic amide) rings is 1. The minimum atomic E-state index is -1.16. The van der Waals surface area contributed by atoms with Crippen molar-refractivity contribution >= 4 is 40.7 Å². The standard InChI is InChI=1S/C24H14ClN3O7/c25-13-2-4-14(5-3-13)26-20(12-1-8-18-19(9-12)35-11-34-18)21(24(26)31)27-22(29)16-7-6-15(28(32)33)10-17(16)23(27)30/h1-10,20-21H,11H2/t20-,21+/m0/s1. The van der Waals surface area contributed by atoms with E-state index in [1.165, 1.54) is 11.0 Å². The van der Waals surface area contributed by atoms with Crippen molar-refractivity contribution in [3.63, 3.8) is 0 Å². The van der Waals surface area contributed by atoms with Crippen molar-refractivity contribution < 1.29 is 28.8 Å². The molecule has 0 spiro atoms. The Bertz CT molecular complexity index is 1460. The van der Waals surface area contributed by atoms with Crippen molar-refractivity contribution in [3.05, 3.63) is 92.5 Å². The van der Waals surface area contributed by atoms with Crippen LogP contribution in [0.15, 0.2) is 60.7 Å². The number of nitrogens with zero attached hydrogens (tertiary/aromatic N) is 3. The molecular weight excluding hydrogens is 478 g/mol. The lowest BCUT2D eigenvalue weighted by Gasteiger charge is -2.49. The number of hydrogen-bond donors (Lipinski definition) is 0. The second-order valence-corrected chi connectivity index (χ2v) is 8.59. The van der Waals surface area contributed by atoms with Crippen molar-refractivity contribution in [2.24, 2.45) is 0 Å². The van der Waals surface area contributed by atoms with Crippen LogP contribution in [0.25, 0.3) is 0 Å². The fourth-order valence-corrected chi connectivity index (χ4v) is 4.78. The van der Waals surface area contributed by atoms with Crippen LogP contribution in [0.1, 0.15) is 32.3 Å². The summed E-state index contributed by atoms with van der Waals surface area (Å²) in [5.41, 5.74) is 0.748. The van der Waals surface area contributed by atoms with Gasteiger partial charge in [-0.25, -0.2) is 0 Å². The lowest BCUT2D eigenvalue weighted by atomic mass is 9.86. The molecule has 3 amide bonds. The van der Waals surface area contributed by atoms with E-state index in [4.69, 9.17) is 21.1 Å². The first-order chi connectivity index (χ1) is 16.8. The third kappa shape index (κ3) is 3.07. The largest absolute Gasteiger partial charge is 0.454 e. The molecule has 174 valence electrons. The number of nitro groups is 1. The first kappa shape index (κ1) is 21.1. The minimum Gasteiger partial charge on any atom is -0.454 e. The molecule has 3 aromatic carbocycles. The number of fused-ring (bicyclic) bond motifs is 2. The smallest absolute Gasteiger partial charge is 0.270 e. The highest BCUT2D eigenvalue weighted by atomic mass is 35.5. The number of hydrogen-bond acceptors (Lipinski definition) is 7. The molecule has 2 atom stereocenters. The molecule has 0 radical (unpaired) electrons. The molecule has 0 saturated carbocycles. The van der Waals surface area contributed by atoms with Crippen molar-refractivity contribution in [1.82, 2.24) is 4.90 Å². The highest BCUT2D eigenvalue weighted by molar-refractivity contribution is 6.30. The summed E-state index contributed by atoms with van der Waals surface area (Å²) in [6.07, 6.45) is 0. The Hall–Kier alpha value is -4.44. The van der Waals surface area contributed by atoms with Gasteiger partial charge in [0.2, 0.25) is 6.79 Å². The maximum atomic E-state index is 13.5. The van der Waals surface area contributed by atoms with E-state index in [-0.39, 0.29) is 23.6 Å². The Labute approximate surface area is 202 Å². The van der Waals surface area contributed by atoms with E-state index in [0.29, 0.717) is 27.8 Å². The number of ether oxygens (including phenoxy) is 2. The van der Waals surface area contributed by atoms with E-state index < -0.39 is 34.7 Å². The number of imide groups is 1. The molecule has 0 N–H and O–H groups in total. The van der Waals surface area contributed by atoms with E-state index in [1.807, 2.05) is 0 Å². The fourth-order valence-electron chi connectivity index (χ4n) is 4.66. The number of benzene rings is 3. The van der Waals surface area contributed by atoms with Crippen LogP contribution >= 0.6 is 11.6 Å². The Balaban J connectivity index is 1.43. The van der Waals surface area contributed by atoms with Crippen LogP contribution in [0.3, 0.4) is 0 Å². The number of anilines is 1. The van der Waals surface area contributed by atoms with Gasteiger partial charge in [-0.05, 0) is 48.0 Å². The molecule has 1 saturated heterocycles. The van der Waals surface area contributed by atoms with Gasteiger partial charge in [0.25, 0.3) is 23.4 Å². The number of non-ortho nitro benzene ring substituents is 1. The molecule has 10 nitrogen and oxygen atoms in total. The van der Waals surface area contributed by atoms with Gasteiger partial charge in [-0.15, -0.1) is 0 Å². The third-order valence-electron chi connectivity index (χ3n) is 6.30. The molecular formula is C24H14ClN3O7. The predicted molar refractivity (Wildman–Crippen MR) is 122 cm³/mol. The zero-order valence-corrected chi connectivity index (χ0v) is 18.5. The zero-order valence-electron chi connectivity index (χ0n) is 17.7. The molecule has 0 aromatic heterocycles. The lowest BCUT2D eigenvalue weighted by molar-refractivity contribution is -0.384. The second kappa shape index (κ2) is 7.54. The highest BCUT2D eigenvalue weighted by Gasteiger charge is 2.57. The Morgan fingerprint density at radius 1 is 0.829 bits per heavy atom. The summed E-state index contributed by atoms with van der Waals surface area (Å²) in [6, 6.07) is 13.3. The highest BCUT2D eigenvalue weighted by Crippen LogP contribution is 2.46. The summed E-state index contributed by atoms with van der Waals surface area (Å²) < 4.78 is 10.8. The summed E-state index contributed by atoms with van der Waals surface area (Å²) in [4.78, 5) is 52.8. The monoisotopic (exact) mass is 491 g/mol. The van der Waals surface area contributed by atoms with Crippen LogP contribution in [0, 0.1) is 10.1 Å². The van der Waals surface area contributed by atoms with Gasteiger partial charge in [0.15, 0.2) is 11.5 Å². The number of amides is 3. The number of nitro benzene ring substituents is 1. The maximum absolute atomic E-state index is 13.5. The quantitative estimate of drug-likeness (QED) is 0.236. The lowest BCUT2D eigenvalue weighted by Crippen LogP contribution is -2.67. The summed E-state index contributed by atoms with van der Waals surface area (Å²) in [6.45, 7) is 0.0594. The van der Waals surface area contributed by atoms with Crippen LogP contribution in [-0.4, -0.2) is 40.4 Å². The van der Waals surface area contributed by atoms with E-state index in [0.717, 1.165) is 17.0 Å². The van der Waals surface area contributed by atoms with Gasteiger partial charge in [0, 0.05) is 22.8 Å². The molecule has 3 aromatic rings. The molecule has 3 heterocycles. The Morgan fingerprint density at radius 3 is 2.29 bits per heavy atom. The maximum Gasteiger partial charge on any atom is 0.270 e. The van der Waals surface area contributed by atoms with Crippen molar-refractivity contribution in [2.75, 3.05) is 11.7 Å². The van der Waals surface area contributed by atoms with Crippen molar-refractivity contribution in [1.29, 1.82) is 0 Å². The van der Waals surface area contributed by atoms with Crippen LogP contribution in [0.5, 0.6) is 11.5 Å². The third-order valence-corrected chi connectivity index (χ3v) is 6.55. The van der Waals surface area contributed by atoms with E-state index in [9.17, 15) is 24.5 Å².